The van der Waals surface area contributed by atoms with Crippen molar-refractivity contribution in [1.29, 1.82) is 10.5 Å². The molecule has 0 N–H and O–H groups in total. The number of hydrogen-bond donors (Lipinski definition) is 0. The van der Waals surface area contributed by atoms with Gasteiger partial charge in [0.15, 0.2) is 0 Å². The minimum atomic E-state index is -10.1. The largest absolute Gasteiger partial charge is 0.310 e. The first-order valence-corrected chi connectivity index (χ1v) is 12.7. The predicted octanol–water partition coefficient (Wildman–Crippen LogP) is 6.90. The highest BCUT2D eigenvalue weighted by atomic mass is 32.5. The van der Waals surface area contributed by atoms with Crippen LogP contribution in [0.3, 0.4) is 0 Å². The predicted molar refractivity (Wildman–Crippen MR) is 130 cm³/mol. The number of hydrogen-bond acceptors (Lipinski definition) is 2. The molecule has 3 aromatic carbocycles. The molecule has 5 rings (SSSR count). The standard InChI is InChI=1S/C27H13F5N4S/c1-14-4-5-15-9-20-24(18(15)8-14)26(22(12-33)35-2)21-10-16-6-7-17(37(28,29,30,31)32)11-19(16)25(21)27(20)23(13-34)36-3/h4-8,11H,9-10H2,1H3/b26-22-,27-23+. The molecule has 0 radical (unpaired) electrons. The van der Waals surface area contributed by atoms with E-state index < -0.39 is 20.8 Å². The molecular weight excluding hydrogens is 507 g/mol. The second-order valence-corrected chi connectivity index (χ2v) is 11.3. The molecule has 0 heterocycles. The van der Waals surface area contributed by atoms with Crippen LogP contribution in [0.5, 0.6) is 0 Å². The van der Waals surface area contributed by atoms with Crippen molar-refractivity contribution in [3.05, 3.63) is 97.5 Å². The second-order valence-electron chi connectivity index (χ2n) is 8.90. The van der Waals surface area contributed by atoms with Crippen LogP contribution in [0.1, 0.15) is 27.8 Å². The Balaban J connectivity index is 2.09. The van der Waals surface area contributed by atoms with Gasteiger partial charge in [0.2, 0.25) is 0 Å². The van der Waals surface area contributed by atoms with Crippen molar-refractivity contribution in [3.8, 4) is 34.4 Å². The van der Waals surface area contributed by atoms with Crippen molar-refractivity contribution in [2.75, 3.05) is 0 Å². The number of aryl methyl sites for hydroxylation is 1. The van der Waals surface area contributed by atoms with Gasteiger partial charge in [0.1, 0.15) is 4.90 Å². The van der Waals surface area contributed by atoms with Crippen LogP contribution in [0, 0.1) is 42.7 Å². The van der Waals surface area contributed by atoms with E-state index in [0.29, 0.717) is 28.8 Å². The minimum Gasteiger partial charge on any atom is -0.226 e. The number of halogens is 5. The molecule has 10 heteroatoms. The summed E-state index contributed by atoms with van der Waals surface area (Å²) in [6.07, 6.45) is 0.133. The monoisotopic (exact) mass is 520 g/mol. The maximum absolute atomic E-state index is 13.7. The molecule has 4 nitrogen and oxygen atoms in total. The van der Waals surface area contributed by atoms with E-state index in [0.717, 1.165) is 17.2 Å². The van der Waals surface area contributed by atoms with Crippen molar-refractivity contribution in [1.82, 2.24) is 0 Å². The Hall–Kier alpha value is -4.64. The highest BCUT2D eigenvalue weighted by molar-refractivity contribution is 8.45. The van der Waals surface area contributed by atoms with Crippen LogP contribution in [-0.2, 0) is 12.8 Å². The quantitative estimate of drug-likeness (QED) is 0.178. The fourth-order valence-corrected chi connectivity index (χ4v) is 5.90. The maximum atomic E-state index is 13.7. The third-order valence-electron chi connectivity index (χ3n) is 6.68. The van der Waals surface area contributed by atoms with Gasteiger partial charge < -0.3 is 0 Å². The van der Waals surface area contributed by atoms with Gasteiger partial charge in [0.05, 0.1) is 25.3 Å². The Kier molecular flexibility index (Phi) is 4.54. The van der Waals surface area contributed by atoms with Crippen molar-refractivity contribution in [2.24, 2.45) is 0 Å². The van der Waals surface area contributed by atoms with E-state index in [4.69, 9.17) is 13.1 Å². The van der Waals surface area contributed by atoms with Crippen LogP contribution >= 0.6 is 10.2 Å². The molecule has 0 saturated heterocycles. The minimum absolute atomic E-state index is 0.0147. The third-order valence-corrected chi connectivity index (χ3v) is 7.83. The average molecular weight is 520 g/mol. The van der Waals surface area contributed by atoms with E-state index in [1.807, 2.05) is 31.2 Å². The molecule has 0 spiro atoms. The van der Waals surface area contributed by atoms with Crippen molar-refractivity contribution in [2.45, 2.75) is 24.7 Å². The van der Waals surface area contributed by atoms with Gasteiger partial charge in [-0.1, -0.05) is 49.3 Å². The maximum Gasteiger partial charge on any atom is 0.310 e. The topological polar surface area (TPSA) is 56.3 Å². The number of fused-ring (bicyclic) bond motifs is 6. The third kappa shape index (κ3) is 3.54. The fraction of sp³-hybridized carbons (Fsp3) is 0.111. The zero-order chi connectivity index (χ0) is 27.0. The molecule has 37 heavy (non-hydrogen) atoms. The lowest BCUT2D eigenvalue weighted by Crippen LogP contribution is -2.25. The Morgan fingerprint density at radius 1 is 0.784 bits per heavy atom. The lowest BCUT2D eigenvalue weighted by molar-refractivity contribution is 0.364. The van der Waals surface area contributed by atoms with E-state index >= 15 is 0 Å². The molecule has 2 aliphatic rings. The zero-order valence-electron chi connectivity index (χ0n) is 19.0. The summed E-state index contributed by atoms with van der Waals surface area (Å²) >= 11 is 0. The lowest BCUT2D eigenvalue weighted by Gasteiger charge is -2.40. The second kappa shape index (κ2) is 6.98. The summed E-state index contributed by atoms with van der Waals surface area (Å²) in [5.41, 5.74) is 2.87. The molecule has 0 unspecified atom stereocenters. The molecule has 0 fully saturated rings. The molecule has 0 saturated carbocycles. The van der Waals surface area contributed by atoms with Gasteiger partial charge in [-0.25, -0.2) is 20.2 Å². The lowest BCUT2D eigenvalue weighted by atomic mass is 9.90. The van der Waals surface area contributed by atoms with Crippen LogP contribution in [0.25, 0.3) is 43.3 Å². The molecule has 0 aliphatic heterocycles. The number of nitrogens with zero attached hydrogens (tertiary/aromatic N) is 4. The van der Waals surface area contributed by atoms with Crippen molar-refractivity contribution >= 4 is 21.6 Å². The summed E-state index contributed by atoms with van der Waals surface area (Å²) in [4.78, 5) is 4.58. The molecule has 0 bridgehead atoms. The molecule has 0 atom stereocenters. The Morgan fingerprint density at radius 2 is 1.24 bits per heavy atom. The molecule has 0 aromatic heterocycles. The Labute approximate surface area is 208 Å². The molecule has 182 valence electrons. The average Bonchev–Trinajstić information content (AvgIpc) is 3.38. The first-order valence-electron chi connectivity index (χ1n) is 10.7. The van der Waals surface area contributed by atoms with E-state index in [9.17, 15) is 30.0 Å². The molecule has 2 aliphatic carbocycles. The first kappa shape index (κ1) is 24.1. The van der Waals surface area contributed by atoms with Gasteiger partial charge in [-0.15, -0.1) is 0 Å². The van der Waals surface area contributed by atoms with Crippen LogP contribution in [-0.4, -0.2) is 0 Å². The Bertz CT molecular complexity index is 1880. The first-order chi connectivity index (χ1) is 17.2. The summed E-state index contributed by atoms with van der Waals surface area (Å²) in [5, 5.41) is 19.8. The SMILES string of the molecule is [C-]#[N+]/C(C#N)=c1/c2c(/c(=C(\C#N)[N+]#[C-])c3c1-c1cc(C)ccc1C3)-c1cc(S(F)(F)(F)(F)F)ccc1C2. The smallest absolute Gasteiger partial charge is 0.226 e. The summed E-state index contributed by atoms with van der Waals surface area (Å²) in [6.45, 7) is 17.0. The van der Waals surface area contributed by atoms with Gasteiger partial charge in [0.25, 0.3) is 11.4 Å². The fourth-order valence-electron chi connectivity index (χ4n) is 5.24. The number of nitriles is 2. The van der Waals surface area contributed by atoms with E-state index in [-0.39, 0.29) is 51.2 Å². The van der Waals surface area contributed by atoms with E-state index in [2.05, 4.69) is 9.69 Å². The number of benzene rings is 3. The molecule has 3 aromatic rings. The van der Waals surface area contributed by atoms with Crippen molar-refractivity contribution < 1.29 is 19.4 Å². The van der Waals surface area contributed by atoms with Gasteiger partial charge >= 0.3 is 10.2 Å². The summed E-state index contributed by atoms with van der Waals surface area (Å²) in [6, 6.07) is 10.8. The van der Waals surface area contributed by atoms with Crippen LogP contribution in [0.4, 0.5) is 19.4 Å². The van der Waals surface area contributed by atoms with Gasteiger partial charge in [0, 0.05) is 10.4 Å². The van der Waals surface area contributed by atoms with E-state index in [1.54, 1.807) is 6.07 Å². The molecular formula is C27H13F5N4S. The van der Waals surface area contributed by atoms with Crippen LogP contribution in [0.2, 0.25) is 0 Å². The zero-order valence-corrected chi connectivity index (χ0v) is 19.8. The van der Waals surface area contributed by atoms with Crippen LogP contribution in [0.15, 0.2) is 41.3 Å². The summed E-state index contributed by atoms with van der Waals surface area (Å²) in [7, 11) is -10.1. The van der Waals surface area contributed by atoms with Crippen LogP contribution < -0.4 is 10.4 Å². The van der Waals surface area contributed by atoms with E-state index in [1.165, 1.54) is 0 Å². The summed E-state index contributed by atoms with van der Waals surface area (Å²) < 4.78 is 68.7. The molecule has 0 amide bonds. The highest BCUT2D eigenvalue weighted by Crippen LogP contribution is 3.02. The van der Waals surface area contributed by atoms with Crippen molar-refractivity contribution in [3.63, 3.8) is 0 Å². The van der Waals surface area contributed by atoms with Gasteiger partial charge in [-0.05, 0) is 76.4 Å². The highest BCUT2D eigenvalue weighted by Gasteiger charge is 2.65. The number of rotatable bonds is 1. The van der Waals surface area contributed by atoms with Gasteiger partial charge in [-0.2, -0.15) is 0 Å². The summed E-state index contributed by atoms with van der Waals surface area (Å²) in [5.74, 6) is 0. The normalized spacial score (nSPS) is 16.3. The van der Waals surface area contributed by atoms with Gasteiger partial charge in [-0.3, -0.25) is 0 Å². The Morgan fingerprint density at radius 3 is 1.68 bits per heavy atom.